The first-order valence-electron chi connectivity index (χ1n) is 13.1. The van der Waals surface area contributed by atoms with E-state index in [0.29, 0.717) is 18.6 Å². The number of ketones is 1. The Morgan fingerprint density at radius 3 is 2.10 bits per heavy atom. The van der Waals surface area contributed by atoms with E-state index in [9.17, 15) is 9.18 Å². The quantitative estimate of drug-likeness (QED) is 0.0987. The van der Waals surface area contributed by atoms with Gasteiger partial charge in [0.25, 0.3) is 0 Å². The molecular weight excluding hydrogens is 522 g/mol. The molecular formula is C33H34FNO2SSi. The SMILES string of the molecule is CC(=O)c1ccc(-c2c(C#CCCO[Si](C)(C)C(C)(C)C)sc(-c3ccc(F)cc3)c2-c2ccncc2)cc1. The van der Waals surface area contributed by atoms with Crippen molar-refractivity contribution in [3.63, 3.8) is 0 Å². The number of thiophene rings is 1. The van der Waals surface area contributed by atoms with E-state index >= 15 is 0 Å². The van der Waals surface area contributed by atoms with E-state index in [0.717, 1.165) is 37.6 Å². The third kappa shape index (κ3) is 6.62. The monoisotopic (exact) mass is 555 g/mol. The molecule has 2 aromatic heterocycles. The van der Waals surface area contributed by atoms with Gasteiger partial charge in [0.05, 0.1) is 4.88 Å². The lowest BCUT2D eigenvalue weighted by Gasteiger charge is -2.35. The summed E-state index contributed by atoms with van der Waals surface area (Å²) in [5.41, 5.74) is 5.57. The largest absolute Gasteiger partial charge is 0.416 e. The molecule has 0 aliphatic rings. The smallest absolute Gasteiger partial charge is 0.192 e. The Morgan fingerprint density at radius 1 is 0.923 bits per heavy atom. The number of hydrogen-bond donors (Lipinski definition) is 0. The molecule has 39 heavy (non-hydrogen) atoms. The maximum atomic E-state index is 13.8. The van der Waals surface area contributed by atoms with Crippen LogP contribution in [0.15, 0.2) is 73.1 Å². The van der Waals surface area contributed by atoms with Gasteiger partial charge in [0, 0.05) is 47.0 Å². The van der Waals surface area contributed by atoms with Gasteiger partial charge in [-0.3, -0.25) is 9.78 Å². The van der Waals surface area contributed by atoms with Crippen LogP contribution in [-0.2, 0) is 4.43 Å². The van der Waals surface area contributed by atoms with Crippen molar-refractivity contribution in [3.8, 4) is 44.5 Å². The van der Waals surface area contributed by atoms with Gasteiger partial charge in [-0.25, -0.2) is 4.39 Å². The highest BCUT2D eigenvalue weighted by Crippen LogP contribution is 2.47. The van der Waals surface area contributed by atoms with Crippen LogP contribution in [-0.4, -0.2) is 25.7 Å². The van der Waals surface area contributed by atoms with Crippen LogP contribution in [0.5, 0.6) is 0 Å². The van der Waals surface area contributed by atoms with Gasteiger partial charge in [0.1, 0.15) is 5.82 Å². The van der Waals surface area contributed by atoms with Gasteiger partial charge in [-0.15, -0.1) is 11.3 Å². The Kier molecular flexibility index (Phi) is 8.66. The molecule has 0 amide bonds. The lowest BCUT2D eigenvalue weighted by molar-refractivity contribution is 0.101. The first-order valence-corrected chi connectivity index (χ1v) is 16.8. The van der Waals surface area contributed by atoms with Crippen LogP contribution in [0, 0.1) is 17.7 Å². The number of aromatic nitrogens is 1. The molecule has 0 unspecified atom stereocenters. The third-order valence-corrected chi connectivity index (χ3v) is 13.0. The predicted molar refractivity (Wildman–Crippen MR) is 163 cm³/mol. The number of benzene rings is 2. The zero-order valence-corrected chi connectivity index (χ0v) is 25.2. The lowest BCUT2D eigenvalue weighted by Crippen LogP contribution is -2.40. The zero-order valence-electron chi connectivity index (χ0n) is 23.4. The van der Waals surface area contributed by atoms with Crippen molar-refractivity contribution in [2.45, 2.75) is 52.2 Å². The van der Waals surface area contributed by atoms with E-state index in [1.54, 1.807) is 42.8 Å². The Bertz CT molecular complexity index is 1510. The second kappa shape index (κ2) is 11.8. The Labute approximate surface area is 236 Å². The summed E-state index contributed by atoms with van der Waals surface area (Å²) in [6.07, 6.45) is 4.17. The lowest BCUT2D eigenvalue weighted by atomic mass is 9.93. The number of rotatable bonds is 7. The second-order valence-electron chi connectivity index (χ2n) is 11.0. The second-order valence-corrected chi connectivity index (χ2v) is 16.9. The molecule has 3 nitrogen and oxygen atoms in total. The number of carbonyl (C=O) groups is 1. The summed E-state index contributed by atoms with van der Waals surface area (Å²) in [5.74, 6) is 6.53. The molecule has 0 spiro atoms. The van der Waals surface area contributed by atoms with Crippen LogP contribution in [0.1, 0.15) is 49.4 Å². The van der Waals surface area contributed by atoms with E-state index in [1.807, 2.05) is 36.4 Å². The average Bonchev–Trinajstić information content (AvgIpc) is 3.28. The fourth-order valence-corrected chi connectivity index (χ4v) is 6.25. The molecule has 0 saturated heterocycles. The van der Waals surface area contributed by atoms with Gasteiger partial charge < -0.3 is 4.43 Å². The van der Waals surface area contributed by atoms with E-state index in [-0.39, 0.29) is 16.6 Å². The Balaban J connectivity index is 1.82. The van der Waals surface area contributed by atoms with Crippen molar-refractivity contribution in [2.24, 2.45) is 0 Å². The molecule has 4 aromatic rings. The van der Waals surface area contributed by atoms with Crippen LogP contribution >= 0.6 is 11.3 Å². The van der Waals surface area contributed by atoms with Crippen molar-refractivity contribution in [3.05, 3.63) is 89.3 Å². The zero-order chi connectivity index (χ0) is 28.2. The molecule has 0 saturated carbocycles. The van der Waals surface area contributed by atoms with E-state index in [1.165, 1.54) is 12.1 Å². The number of halogens is 1. The van der Waals surface area contributed by atoms with Crippen molar-refractivity contribution < 1.29 is 13.6 Å². The molecule has 0 N–H and O–H groups in total. The first kappa shape index (κ1) is 28.6. The van der Waals surface area contributed by atoms with E-state index in [2.05, 4.69) is 50.7 Å². The van der Waals surface area contributed by atoms with Gasteiger partial charge in [-0.05, 0) is 66.0 Å². The standard InChI is InChI=1S/C33H34FNO2SSi/c1-23(36)24-10-12-25(13-11-24)30-29(9-7-8-22-37-39(5,6)33(2,3)4)38-32(27-14-16-28(34)17-15-27)31(30)26-18-20-35-21-19-26/h10-21H,8,22H2,1-6H3. The number of Topliss-reactive ketones (excluding diaryl/α,β-unsaturated/α-hetero) is 1. The van der Waals surface area contributed by atoms with Crippen LogP contribution in [0.25, 0.3) is 32.7 Å². The maximum absolute atomic E-state index is 13.8. The number of nitrogens with zero attached hydrogens (tertiary/aromatic N) is 1. The highest BCUT2D eigenvalue weighted by Gasteiger charge is 2.36. The normalized spacial score (nSPS) is 11.7. The Morgan fingerprint density at radius 2 is 1.51 bits per heavy atom. The molecule has 6 heteroatoms. The maximum Gasteiger partial charge on any atom is 0.192 e. The fraction of sp³-hybridized carbons (Fsp3) is 0.273. The van der Waals surface area contributed by atoms with Crippen LogP contribution < -0.4 is 0 Å². The van der Waals surface area contributed by atoms with Crippen molar-refractivity contribution in [1.82, 2.24) is 4.98 Å². The van der Waals surface area contributed by atoms with Gasteiger partial charge in [0.2, 0.25) is 0 Å². The first-order chi connectivity index (χ1) is 18.5. The minimum Gasteiger partial charge on any atom is -0.416 e. The Hall–Kier alpha value is -3.37. The van der Waals surface area contributed by atoms with Crippen LogP contribution in [0.4, 0.5) is 4.39 Å². The molecule has 0 atom stereocenters. The molecule has 4 rings (SSSR count). The molecule has 0 bridgehead atoms. The molecule has 0 fully saturated rings. The van der Waals surface area contributed by atoms with Crippen molar-refractivity contribution in [1.29, 1.82) is 0 Å². The fourth-order valence-electron chi connectivity index (χ4n) is 3.98. The predicted octanol–water partition coefficient (Wildman–Crippen LogP) is 9.25. The third-order valence-electron chi connectivity index (χ3n) is 7.26. The van der Waals surface area contributed by atoms with E-state index in [4.69, 9.17) is 4.43 Å². The molecule has 2 aromatic carbocycles. The summed E-state index contributed by atoms with van der Waals surface area (Å²) in [6, 6.07) is 18.2. The van der Waals surface area contributed by atoms with Crippen molar-refractivity contribution >= 4 is 25.4 Å². The molecule has 0 aliphatic carbocycles. The molecule has 0 aliphatic heterocycles. The number of carbonyl (C=O) groups excluding carboxylic acids is 1. The minimum atomic E-state index is -1.84. The van der Waals surface area contributed by atoms with Crippen LogP contribution in [0.3, 0.4) is 0 Å². The van der Waals surface area contributed by atoms with Crippen molar-refractivity contribution in [2.75, 3.05) is 6.61 Å². The summed E-state index contributed by atoms with van der Waals surface area (Å²) in [4.78, 5) is 18.1. The van der Waals surface area contributed by atoms with E-state index < -0.39 is 8.32 Å². The molecule has 200 valence electrons. The topological polar surface area (TPSA) is 39.2 Å². The van der Waals surface area contributed by atoms with Gasteiger partial charge in [-0.2, -0.15) is 0 Å². The number of pyridine rings is 1. The number of hydrogen-bond acceptors (Lipinski definition) is 4. The molecule has 2 heterocycles. The summed E-state index contributed by atoms with van der Waals surface area (Å²) < 4.78 is 20.1. The summed E-state index contributed by atoms with van der Waals surface area (Å²) in [5, 5.41) is 0.150. The van der Waals surface area contributed by atoms with Crippen LogP contribution in [0.2, 0.25) is 18.1 Å². The minimum absolute atomic E-state index is 0.0231. The van der Waals surface area contributed by atoms with Gasteiger partial charge >= 0.3 is 0 Å². The highest BCUT2D eigenvalue weighted by atomic mass is 32.1. The summed E-state index contributed by atoms with van der Waals surface area (Å²) in [7, 11) is -1.84. The average molecular weight is 556 g/mol. The van der Waals surface area contributed by atoms with Gasteiger partial charge in [-0.1, -0.05) is 69.0 Å². The highest BCUT2D eigenvalue weighted by molar-refractivity contribution is 7.17. The van der Waals surface area contributed by atoms with Gasteiger partial charge in [0.15, 0.2) is 14.1 Å². The summed E-state index contributed by atoms with van der Waals surface area (Å²) in [6.45, 7) is 13.4. The molecule has 0 radical (unpaired) electrons. The summed E-state index contributed by atoms with van der Waals surface area (Å²) >= 11 is 1.60.